The molecule has 0 saturated heterocycles. The third kappa shape index (κ3) is 2.68. The zero-order chi connectivity index (χ0) is 12.6. The highest BCUT2D eigenvalue weighted by Gasteiger charge is 2.36. The molecule has 1 nitrogen and oxygen atoms in total. The minimum absolute atomic E-state index is 0.0126. The molecule has 2 rings (SSSR count). The third-order valence-electron chi connectivity index (χ3n) is 3.04. The van der Waals surface area contributed by atoms with Gasteiger partial charge in [-0.15, -0.1) is 0 Å². The average molecular weight is 264 g/mol. The Morgan fingerprint density at radius 1 is 1.29 bits per heavy atom. The minimum Gasteiger partial charge on any atom is -0.381 e. The molecule has 1 aromatic rings. The van der Waals surface area contributed by atoms with Crippen LogP contribution in [-0.4, -0.2) is 6.04 Å². The summed E-state index contributed by atoms with van der Waals surface area (Å²) >= 11 is 5.83. The quantitative estimate of drug-likeness (QED) is 0.824. The molecule has 5 heteroatoms. The van der Waals surface area contributed by atoms with Crippen LogP contribution in [0.2, 0.25) is 5.02 Å². The van der Waals surface area contributed by atoms with E-state index in [2.05, 4.69) is 12.2 Å². The van der Waals surface area contributed by atoms with Crippen molar-refractivity contribution in [1.29, 1.82) is 0 Å². The van der Waals surface area contributed by atoms with Crippen molar-refractivity contribution in [2.75, 3.05) is 5.32 Å². The summed E-state index contributed by atoms with van der Waals surface area (Å²) in [5.41, 5.74) is -0.678. The Balaban J connectivity index is 2.25. The van der Waals surface area contributed by atoms with E-state index in [4.69, 9.17) is 11.6 Å². The van der Waals surface area contributed by atoms with E-state index in [1.165, 1.54) is 12.1 Å². The summed E-state index contributed by atoms with van der Waals surface area (Å²) in [7, 11) is 0. The molecule has 0 amide bonds. The summed E-state index contributed by atoms with van der Waals surface area (Å²) in [4.78, 5) is 0. The third-order valence-corrected chi connectivity index (χ3v) is 3.36. The molecule has 1 fully saturated rings. The van der Waals surface area contributed by atoms with Gasteiger partial charge >= 0.3 is 6.18 Å². The molecule has 0 heterocycles. The van der Waals surface area contributed by atoms with Crippen LogP contribution in [0.3, 0.4) is 0 Å². The molecule has 1 aliphatic rings. The number of anilines is 1. The van der Waals surface area contributed by atoms with Crippen LogP contribution in [0.25, 0.3) is 0 Å². The molecule has 1 aliphatic carbocycles. The fourth-order valence-electron chi connectivity index (χ4n) is 2.13. The molecule has 94 valence electrons. The van der Waals surface area contributed by atoms with E-state index in [9.17, 15) is 13.2 Å². The second kappa shape index (κ2) is 4.41. The van der Waals surface area contributed by atoms with Crippen molar-refractivity contribution < 1.29 is 13.2 Å². The van der Waals surface area contributed by atoms with E-state index < -0.39 is 11.7 Å². The van der Waals surface area contributed by atoms with Gasteiger partial charge in [0, 0.05) is 6.04 Å². The fourth-order valence-corrected chi connectivity index (χ4v) is 2.36. The van der Waals surface area contributed by atoms with E-state index in [1.54, 1.807) is 0 Å². The van der Waals surface area contributed by atoms with Crippen molar-refractivity contribution in [1.82, 2.24) is 0 Å². The maximum absolute atomic E-state index is 12.8. The van der Waals surface area contributed by atoms with Gasteiger partial charge in [-0.05, 0) is 30.9 Å². The number of hydrogen-bond donors (Lipinski definition) is 1. The van der Waals surface area contributed by atoms with Crippen LogP contribution < -0.4 is 5.32 Å². The van der Waals surface area contributed by atoms with Crippen LogP contribution in [-0.2, 0) is 6.18 Å². The molecule has 0 unspecified atom stereocenters. The van der Waals surface area contributed by atoms with Crippen LogP contribution >= 0.6 is 11.6 Å². The first-order chi connectivity index (χ1) is 7.88. The predicted octanol–water partition coefficient (Wildman–Crippen LogP) is 4.57. The van der Waals surface area contributed by atoms with Crippen molar-refractivity contribution in [3.8, 4) is 0 Å². The highest BCUT2D eigenvalue weighted by Crippen LogP contribution is 2.40. The van der Waals surface area contributed by atoms with Crippen molar-refractivity contribution in [3.05, 3.63) is 28.8 Å². The van der Waals surface area contributed by atoms with Crippen molar-refractivity contribution in [3.63, 3.8) is 0 Å². The number of rotatable bonds is 2. The zero-order valence-corrected chi connectivity index (χ0v) is 10.1. The molecular formula is C12H13ClF3N. The Bertz CT molecular complexity index is 411. The molecule has 0 aliphatic heterocycles. The number of benzene rings is 1. The van der Waals surface area contributed by atoms with Gasteiger partial charge in [-0.2, -0.15) is 13.2 Å². The van der Waals surface area contributed by atoms with Crippen molar-refractivity contribution >= 4 is 17.3 Å². The van der Waals surface area contributed by atoms with Gasteiger partial charge < -0.3 is 5.32 Å². The summed E-state index contributed by atoms with van der Waals surface area (Å²) in [6.45, 7) is 2.08. The van der Waals surface area contributed by atoms with E-state index in [-0.39, 0.29) is 16.8 Å². The summed E-state index contributed by atoms with van der Waals surface area (Å²) in [5.74, 6) is 0.573. The molecule has 1 aromatic carbocycles. The molecule has 17 heavy (non-hydrogen) atoms. The van der Waals surface area contributed by atoms with Gasteiger partial charge in [0.05, 0.1) is 16.3 Å². The number of para-hydroxylation sites is 1. The van der Waals surface area contributed by atoms with Crippen molar-refractivity contribution in [2.45, 2.75) is 32.0 Å². The summed E-state index contributed by atoms with van der Waals surface area (Å²) in [6.07, 6.45) is -2.59. The van der Waals surface area contributed by atoms with Crippen LogP contribution in [0.5, 0.6) is 0 Å². The molecule has 0 spiro atoms. The Kier molecular flexibility index (Phi) is 3.25. The minimum atomic E-state index is -4.37. The standard InChI is InChI=1S/C12H13ClF3N/c1-7-5-8(6-7)17-11-9(12(14,15)16)3-2-4-10(11)13/h2-4,7-8,17H,5-6H2,1H3. The number of nitrogens with one attached hydrogen (secondary N) is 1. The first-order valence-electron chi connectivity index (χ1n) is 5.50. The van der Waals surface area contributed by atoms with Gasteiger partial charge in [-0.25, -0.2) is 0 Å². The monoisotopic (exact) mass is 263 g/mol. The zero-order valence-electron chi connectivity index (χ0n) is 9.31. The lowest BCUT2D eigenvalue weighted by atomic mass is 9.81. The van der Waals surface area contributed by atoms with E-state index in [1.807, 2.05) is 0 Å². The van der Waals surface area contributed by atoms with Gasteiger partial charge in [-0.1, -0.05) is 24.6 Å². The lowest BCUT2D eigenvalue weighted by Gasteiger charge is -2.35. The molecular weight excluding hydrogens is 251 g/mol. The van der Waals surface area contributed by atoms with Crippen LogP contribution in [0.15, 0.2) is 18.2 Å². The van der Waals surface area contributed by atoms with Gasteiger partial charge in [-0.3, -0.25) is 0 Å². The lowest BCUT2D eigenvalue weighted by molar-refractivity contribution is -0.137. The van der Waals surface area contributed by atoms with Crippen molar-refractivity contribution in [2.24, 2.45) is 5.92 Å². The van der Waals surface area contributed by atoms with Gasteiger partial charge in [0.15, 0.2) is 0 Å². The van der Waals surface area contributed by atoms with Gasteiger partial charge in [0.1, 0.15) is 0 Å². The normalized spacial score (nSPS) is 24.3. The highest BCUT2D eigenvalue weighted by atomic mass is 35.5. The molecule has 0 bridgehead atoms. The number of halogens is 4. The first kappa shape index (κ1) is 12.6. The maximum atomic E-state index is 12.8. The number of alkyl halides is 3. The van der Waals surface area contributed by atoms with Crippen LogP contribution in [0.1, 0.15) is 25.3 Å². The van der Waals surface area contributed by atoms with Gasteiger partial charge in [0.2, 0.25) is 0 Å². The number of hydrogen-bond acceptors (Lipinski definition) is 1. The highest BCUT2D eigenvalue weighted by molar-refractivity contribution is 6.33. The SMILES string of the molecule is CC1CC(Nc2c(Cl)cccc2C(F)(F)F)C1. The van der Waals surface area contributed by atoms with E-state index in [0.717, 1.165) is 18.9 Å². The second-order valence-electron chi connectivity index (χ2n) is 4.58. The predicted molar refractivity (Wildman–Crippen MR) is 62.3 cm³/mol. The molecule has 0 atom stereocenters. The Labute approximate surface area is 103 Å². The smallest absolute Gasteiger partial charge is 0.381 e. The fraction of sp³-hybridized carbons (Fsp3) is 0.500. The summed E-state index contributed by atoms with van der Waals surface area (Å²) in [6, 6.07) is 3.95. The summed E-state index contributed by atoms with van der Waals surface area (Å²) in [5, 5.41) is 3.02. The average Bonchev–Trinajstić information content (AvgIpc) is 2.16. The molecule has 1 N–H and O–H groups in total. The maximum Gasteiger partial charge on any atom is 0.418 e. The van der Waals surface area contributed by atoms with Crippen LogP contribution in [0.4, 0.5) is 18.9 Å². The molecule has 0 radical (unpaired) electrons. The largest absolute Gasteiger partial charge is 0.418 e. The first-order valence-corrected chi connectivity index (χ1v) is 5.88. The van der Waals surface area contributed by atoms with E-state index >= 15 is 0 Å². The lowest BCUT2D eigenvalue weighted by Crippen LogP contribution is -2.34. The second-order valence-corrected chi connectivity index (χ2v) is 4.99. The van der Waals surface area contributed by atoms with E-state index in [0.29, 0.717) is 5.92 Å². The molecule has 0 aromatic heterocycles. The van der Waals surface area contributed by atoms with Gasteiger partial charge in [0.25, 0.3) is 0 Å². The Hall–Kier alpha value is -0.900. The van der Waals surface area contributed by atoms with Crippen LogP contribution in [0, 0.1) is 5.92 Å². The topological polar surface area (TPSA) is 12.0 Å². The Morgan fingerprint density at radius 3 is 2.47 bits per heavy atom. The molecule has 1 saturated carbocycles. The Morgan fingerprint density at radius 2 is 1.94 bits per heavy atom. The summed E-state index contributed by atoms with van der Waals surface area (Å²) < 4.78 is 38.3.